The molecule has 3 amide bonds. The summed E-state index contributed by atoms with van der Waals surface area (Å²) in [5.41, 5.74) is 3.10. The van der Waals surface area contributed by atoms with E-state index in [1.165, 1.54) is 6.26 Å². The molecule has 0 fully saturated rings. The van der Waals surface area contributed by atoms with Crippen molar-refractivity contribution in [2.24, 2.45) is 0 Å². The summed E-state index contributed by atoms with van der Waals surface area (Å²) in [6.07, 6.45) is 1.54. The van der Waals surface area contributed by atoms with Crippen molar-refractivity contribution in [2.45, 2.75) is 19.5 Å². The minimum Gasteiger partial charge on any atom is -0.467 e. The van der Waals surface area contributed by atoms with Gasteiger partial charge >= 0.3 is 6.03 Å². The van der Waals surface area contributed by atoms with Gasteiger partial charge in [0.1, 0.15) is 5.76 Å². The first-order valence-electron chi connectivity index (χ1n) is 9.07. The van der Waals surface area contributed by atoms with Crippen molar-refractivity contribution in [3.05, 3.63) is 95.4 Å². The molecule has 0 saturated carbocycles. The smallest absolute Gasteiger partial charge is 0.315 e. The molecule has 1 unspecified atom stereocenters. The molecule has 144 valence electrons. The molecular weight excluding hydrogens is 354 g/mol. The molecule has 3 aromatic rings. The van der Waals surface area contributed by atoms with Gasteiger partial charge in [0.15, 0.2) is 0 Å². The Morgan fingerprint density at radius 2 is 1.61 bits per heavy atom. The lowest BCUT2D eigenvalue weighted by molar-refractivity contribution is -0.120. The largest absolute Gasteiger partial charge is 0.467 e. The molecule has 0 spiro atoms. The molecule has 1 atom stereocenters. The number of nitrogens with one attached hydrogen (secondary N) is 3. The first-order valence-corrected chi connectivity index (χ1v) is 9.07. The van der Waals surface area contributed by atoms with Crippen LogP contribution in [0.3, 0.4) is 0 Å². The van der Waals surface area contributed by atoms with Crippen LogP contribution < -0.4 is 16.0 Å². The second kappa shape index (κ2) is 9.41. The molecule has 1 aromatic heterocycles. The third kappa shape index (κ3) is 5.48. The monoisotopic (exact) mass is 377 g/mol. The van der Waals surface area contributed by atoms with E-state index in [0.29, 0.717) is 5.76 Å². The van der Waals surface area contributed by atoms with Crippen molar-refractivity contribution in [2.75, 3.05) is 6.54 Å². The van der Waals surface area contributed by atoms with E-state index in [1.807, 2.05) is 61.5 Å². The molecular formula is C22H23N3O3. The van der Waals surface area contributed by atoms with Gasteiger partial charge < -0.3 is 20.4 Å². The van der Waals surface area contributed by atoms with Crippen molar-refractivity contribution < 1.29 is 14.0 Å². The number of furan rings is 1. The Labute approximate surface area is 164 Å². The van der Waals surface area contributed by atoms with Gasteiger partial charge in [-0.15, -0.1) is 0 Å². The number of hydrogen-bond donors (Lipinski definition) is 3. The average molecular weight is 377 g/mol. The maximum Gasteiger partial charge on any atom is 0.315 e. The number of benzene rings is 2. The second-order valence-electron chi connectivity index (χ2n) is 6.44. The van der Waals surface area contributed by atoms with E-state index in [9.17, 15) is 9.59 Å². The summed E-state index contributed by atoms with van der Waals surface area (Å²) in [5.74, 6) is 0.366. The molecule has 1 heterocycles. The van der Waals surface area contributed by atoms with Crippen LogP contribution in [0.5, 0.6) is 0 Å². The lowest BCUT2D eigenvalue weighted by Crippen LogP contribution is -2.42. The molecule has 6 nitrogen and oxygen atoms in total. The third-order valence-electron chi connectivity index (χ3n) is 4.26. The Bertz CT molecular complexity index is 891. The quantitative estimate of drug-likeness (QED) is 0.591. The van der Waals surface area contributed by atoms with Crippen LogP contribution in [0.15, 0.2) is 77.4 Å². The molecule has 0 aliphatic heterocycles. The molecule has 0 radical (unpaired) electrons. The highest BCUT2D eigenvalue weighted by molar-refractivity contribution is 5.84. The van der Waals surface area contributed by atoms with Gasteiger partial charge in [-0.1, -0.05) is 60.2 Å². The highest BCUT2D eigenvalue weighted by Gasteiger charge is 2.17. The van der Waals surface area contributed by atoms with Crippen LogP contribution in [-0.4, -0.2) is 18.5 Å². The topological polar surface area (TPSA) is 83.4 Å². The summed E-state index contributed by atoms with van der Waals surface area (Å²) in [5, 5.41) is 8.19. The van der Waals surface area contributed by atoms with Crippen LogP contribution >= 0.6 is 0 Å². The van der Waals surface area contributed by atoms with E-state index in [0.717, 1.165) is 16.7 Å². The second-order valence-corrected chi connectivity index (χ2v) is 6.44. The first kappa shape index (κ1) is 19.2. The Morgan fingerprint density at radius 3 is 2.29 bits per heavy atom. The maximum atomic E-state index is 12.4. The van der Waals surface area contributed by atoms with Crippen LogP contribution in [-0.2, 0) is 11.3 Å². The minimum absolute atomic E-state index is 0.126. The Morgan fingerprint density at radius 1 is 0.893 bits per heavy atom. The van der Waals surface area contributed by atoms with E-state index >= 15 is 0 Å². The van der Waals surface area contributed by atoms with Gasteiger partial charge in [-0.05, 0) is 30.2 Å². The SMILES string of the molecule is Cc1ccc(C(NC(=O)CNC(=O)NCc2ccco2)c2ccccc2)cc1. The van der Waals surface area contributed by atoms with Crippen LogP contribution in [0.4, 0.5) is 4.79 Å². The number of carbonyl (C=O) groups is 2. The fraction of sp³-hybridized carbons (Fsp3) is 0.182. The average Bonchev–Trinajstić information content (AvgIpc) is 3.24. The fourth-order valence-electron chi connectivity index (χ4n) is 2.78. The number of carbonyl (C=O) groups excluding carboxylic acids is 2. The molecule has 0 aliphatic rings. The van der Waals surface area contributed by atoms with E-state index in [4.69, 9.17) is 4.42 Å². The van der Waals surface area contributed by atoms with Crippen LogP contribution in [0.2, 0.25) is 0 Å². The van der Waals surface area contributed by atoms with Crippen molar-refractivity contribution >= 4 is 11.9 Å². The predicted molar refractivity (Wildman–Crippen MR) is 107 cm³/mol. The normalized spacial score (nSPS) is 11.5. The molecule has 0 aliphatic carbocycles. The lowest BCUT2D eigenvalue weighted by Gasteiger charge is -2.20. The number of amides is 3. The lowest BCUT2D eigenvalue weighted by atomic mass is 9.98. The zero-order valence-corrected chi connectivity index (χ0v) is 15.6. The van der Waals surface area contributed by atoms with E-state index in [2.05, 4.69) is 16.0 Å². The van der Waals surface area contributed by atoms with E-state index in [1.54, 1.807) is 12.1 Å². The Balaban J connectivity index is 1.58. The van der Waals surface area contributed by atoms with Gasteiger partial charge in [-0.3, -0.25) is 4.79 Å². The van der Waals surface area contributed by atoms with E-state index in [-0.39, 0.29) is 25.0 Å². The number of hydrogen-bond acceptors (Lipinski definition) is 3. The van der Waals surface area contributed by atoms with Crippen molar-refractivity contribution in [1.82, 2.24) is 16.0 Å². The Kier molecular flexibility index (Phi) is 6.46. The summed E-state index contributed by atoms with van der Waals surface area (Å²) >= 11 is 0. The Hall–Kier alpha value is -3.54. The van der Waals surface area contributed by atoms with Crippen LogP contribution in [0.25, 0.3) is 0 Å². The molecule has 0 saturated heterocycles. The van der Waals surface area contributed by atoms with Crippen molar-refractivity contribution in [1.29, 1.82) is 0 Å². The highest BCUT2D eigenvalue weighted by Crippen LogP contribution is 2.22. The van der Waals surface area contributed by atoms with Gasteiger partial charge in [0.05, 0.1) is 25.4 Å². The highest BCUT2D eigenvalue weighted by atomic mass is 16.3. The van der Waals surface area contributed by atoms with Crippen LogP contribution in [0, 0.1) is 6.92 Å². The third-order valence-corrected chi connectivity index (χ3v) is 4.26. The van der Waals surface area contributed by atoms with Gasteiger partial charge in [0.2, 0.25) is 5.91 Å². The molecule has 3 rings (SSSR count). The molecule has 6 heteroatoms. The zero-order chi connectivity index (χ0) is 19.8. The molecule has 0 bridgehead atoms. The summed E-state index contributed by atoms with van der Waals surface area (Å²) in [7, 11) is 0. The molecule has 28 heavy (non-hydrogen) atoms. The summed E-state index contributed by atoms with van der Waals surface area (Å²) in [6, 6.07) is 20.5. The van der Waals surface area contributed by atoms with Crippen molar-refractivity contribution in [3.63, 3.8) is 0 Å². The van der Waals surface area contributed by atoms with Gasteiger partial charge in [0, 0.05) is 0 Å². The maximum absolute atomic E-state index is 12.4. The number of urea groups is 1. The predicted octanol–water partition coefficient (Wildman–Crippen LogP) is 3.29. The standard InChI is InChI=1S/C22H23N3O3/c1-16-9-11-18(12-10-16)21(17-6-3-2-4-7-17)25-20(26)15-24-22(27)23-14-19-8-5-13-28-19/h2-13,21H,14-15H2,1H3,(H,25,26)(H2,23,24,27). The van der Waals surface area contributed by atoms with E-state index < -0.39 is 6.03 Å². The number of aryl methyl sites for hydroxylation is 1. The zero-order valence-electron chi connectivity index (χ0n) is 15.6. The van der Waals surface area contributed by atoms with Gasteiger partial charge in [-0.2, -0.15) is 0 Å². The van der Waals surface area contributed by atoms with Gasteiger partial charge in [0.25, 0.3) is 0 Å². The van der Waals surface area contributed by atoms with Crippen LogP contribution in [0.1, 0.15) is 28.5 Å². The molecule has 2 aromatic carbocycles. The fourth-order valence-corrected chi connectivity index (χ4v) is 2.78. The first-order chi connectivity index (χ1) is 13.6. The number of rotatable bonds is 7. The summed E-state index contributed by atoms with van der Waals surface area (Å²) in [6.45, 7) is 2.15. The summed E-state index contributed by atoms with van der Waals surface area (Å²) in [4.78, 5) is 24.3. The van der Waals surface area contributed by atoms with Crippen molar-refractivity contribution in [3.8, 4) is 0 Å². The summed E-state index contributed by atoms with van der Waals surface area (Å²) < 4.78 is 5.15. The van der Waals surface area contributed by atoms with Gasteiger partial charge in [-0.25, -0.2) is 4.79 Å². The minimum atomic E-state index is -0.432. The molecule has 3 N–H and O–H groups in total.